The summed E-state index contributed by atoms with van der Waals surface area (Å²) in [5.41, 5.74) is 3.42. The molecule has 226 valence electrons. The highest BCUT2D eigenvalue weighted by molar-refractivity contribution is 6.09. The molecule has 0 spiro atoms. The minimum Gasteiger partial charge on any atom is -0.497 e. The lowest BCUT2D eigenvalue weighted by Crippen LogP contribution is -2.18. The van der Waals surface area contributed by atoms with Gasteiger partial charge in [-0.1, -0.05) is 24.3 Å². The molecule has 4 aromatic rings. The molecular weight excluding hydrogens is 554 g/mol. The second-order valence-corrected chi connectivity index (χ2v) is 9.32. The molecule has 10 heteroatoms. The fraction of sp³-hybridized carbons (Fsp3) is 0.273. The molecule has 1 heterocycles. The van der Waals surface area contributed by atoms with Crippen LogP contribution in [-0.2, 0) is 22.4 Å². The lowest BCUT2D eigenvalue weighted by Gasteiger charge is -2.14. The van der Waals surface area contributed by atoms with Gasteiger partial charge in [0.1, 0.15) is 17.1 Å². The first-order chi connectivity index (χ1) is 20.8. The average molecular weight is 590 g/mol. The van der Waals surface area contributed by atoms with Crippen molar-refractivity contribution >= 4 is 11.9 Å². The number of carbonyl (C=O) groups is 2. The summed E-state index contributed by atoms with van der Waals surface area (Å²) in [6.07, 6.45) is 0.489. The molecular formula is C33H35NO9. The Balaban J connectivity index is 2.08. The zero-order chi connectivity index (χ0) is 31.1. The quantitative estimate of drug-likeness (QED) is 0.193. The molecule has 0 fully saturated rings. The van der Waals surface area contributed by atoms with Crippen molar-refractivity contribution < 1.29 is 42.7 Å². The molecule has 43 heavy (non-hydrogen) atoms. The predicted octanol–water partition coefficient (Wildman–Crippen LogP) is 5.68. The van der Waals surface area contributed by atoms with Crippen molar-refractivity contribution in [1.29, 1.82) is 0 Å². The maximum absolute atomic E-state index is 13.6. The Morgan fingerprint density at radius 1 is 0.558 bits per heavy atom. The molecule has 0 aliphatic heterocycles. The van der Waals surface area contributed by atoms with Crippen LogP contribution >= 0.6 is 0 Å². The molecule has 0 bridgehead atoms. The van der Waals surface area contributed by atoms with E-state index >= 15 is 0 Å². The van der Waals surface area contributed by atoms with Crippen LogP contribution < -0.4 is 23.7 Å². The van der Waals surface area contributed by atoms with Crippen molar-refractivity contribution in [3.05, 3.63) is 77.6 Å². The van der Waals surface area contributed by atoms with E-state index in [1.54, 1.807) is 48.1 Å². The summed E-state index contributed by atoms with van der Waals surface area (Å²) in [5, 5.41) is 0. The van der Waals surface area contributed by atoms with Gasteiger partial charge in [-0.15, -0.1) is 0 Å². The van der Waals surface area contributed by atoms with E-state index < -0.39 is 11.9 Å². The monoisotopic (exact) mass is 589 g/mol. The van der Waals surface area contributed by atoms with Crippen molar-refractivity contribution in [2.24, 2.45) is 0 Å². The van der Waals surface area contributed by atoms with Crippen LogP contribution in [0.3, 0.4) is 0 Å². The van der Waals surface area contributed by atoms with Gasteiger partial charge in [0.15, 0.2) is 23.0 Å². The molecule has 3 aromatic carbocycles. The van der Waals surface area contributed by atoms with Gasteiger partial charge in [0.2, 0.25) is 0 Å². The lowest BCUT2D eigenvalue weighted by atomic mass is 9.94. The van der Waals surface area contributed by atoms with E-state index in [0.29, 0.717) is 51.7 Å². The van der Waals surface area contributed by atoms with Crippen LogP contribution in [0.4, 0.5) is 0 Å². The second-order valence-electron chi connectivity index (χ2n) is 9.32. The molecule has 0 radical (unpaired) electrons. The molecule has 0 aliphatic rings. The lowest BCUT2D eigenvalue weighted by molar-refractivity contribution is 0.0578. The summed E-state index contributed by atoms with van der Waals surface area (Å²) in [5.74, 6) is 1.37. The molecule has 0 unspecified atom stereocenters. The average Bonchev–Trinajstić information content (AvgIpc) is 3.40. The van der Waals surface area contributed by atoms with Crippen LogP contribution in [0.5, 0.6) is 28.7 Å². The first-order valence-electron chi connectivity index (χ1n) is 13.4. The van der Waals surface area contributed by atoms with Gasteiger partial charge in [-0.2, -0.15) is 0 Å². The Morgan fingerprint density at radius 3 is 1.37 bits per heavy atom. The number of ether oxygens (including phenoxy) is 7. The number of hydrogen-bond acceptors (Lipinski definition) is 9. The van der Waals surface area contributed by atoms with Gasteiger partial charge in [-0.05, 0) is 59.5 Å². The Hall–Kier alpha value is -5.12. The molecule has 0 N–H and O–H groups in total. The van der Waals surface area contributed by atoms with Crippen LogP contribution in [0.15, 0.2) is 60.7 Å². The number of methoxy groups -OCH3 is 7. The third-order valence-electron chi connectivity index (χ3n) is 7.15. The molecule has 0 saturated carbocycles. The Kier molecular flexibility index (Phi) is 9.82. The minimum absolute atomic E-state index is 0.174. The molecule has 0 saturated heterocycles. The SMILES string of the molecule is COC(=O)c1c(-c2ccc(OC)c(OC)c2)c(-c2ccc(OC)c(OC)c2)c(C(=O)OC)n1CCc1ccc(OC)cc1. The number of aromatic nitrogens is 1. The Bertz CT molecular complexity index is 1510. The molecule has 1 aromatic heterocycles. The summed E-state index contributed by atoms with van der Waals surface area (Å²) in [6, 6.07) is 18.1. The normalized spacial score (nSPS) is 10.6. The highest BCUT2D eigenvalue weighted by Gasteiger charge is 2.34. The largest absolute Gasteiger partial charge is 0.497 e. The standard InChI is InChI=1S/C33H35NO9/c1-37-23-12-8-20(9-13-23)16-17-34-30(32(35)42-6)28(21-10-14-24(38-2)26(18-21)40-4)29(31(34)33(36)43-7)22-11-15-25(39-3)27(19-22)41-5/h8-15,18-19H,16-17H2,1-7H3. The third kappa shape index (κ3) is 6.08. The fourth-order valence-corrected chi connectivity index (χ4v) is 5.04. The highest BCUT2D eigenvalue weighted by atomic mass is 16.5. The Labute approximate surface area is 250 Å². The smallest absolute Gasteiger partial charge is 0.355 e. The van der Waals surface area contributed by atoms with Crippen molar-refractivity contribution in [2.45, 2.75) is 13.0 Å². The van der Waals surface area contributed by atoms with Crippen LogP contribution in [0.1, 0.15) is 26.5 Å². The van der Waals surface area contributed by atoms with Crippen LogP contribution in [0, 0.1) is 0 Å². The van der Waals surface area contributed by atoms with E-state index in [-0.39, 0.29) is 17.9 Å². The molecule has 0 amide bonds. The second kappa shape index (κ2) is 13.7. The van der Waals surface area contributed by atoms with E-state index in [1.165, 1.54) is 42.7 Å². The van der Waals surface area contributed by atoms with Crippen LogP contribution in [0.25, 0.3) is 22.3 Å². The number of aryl methyl sites for hydroxylation is 1. The molecule has 0 aliphatic carbocycles. The number of benzene rings is 3. The van der Waals surface area contributed by atoms with Crippen LogP contribution in [0.2, 0.25) is 0 Å². The van der Waals surface area contributed by atoms with E-state index in [9.17, 15) is 9.59 Å². The Morgan fingerprint density at radius 2 is 1.00 bits per heavy atom. The summed E-state index contributed by atoms with van der Waals surface area (Å²) < 4.78 is 39.6. The van der Waals surface area contributed by atoms with Gasteiger partial charge in [-0.3, -0.25) is 0 Å². The fourth-order valence-electron chi connectivity index (χ4n) is 5.04. The van der Waals surface area contributed by atoms with Gasteiger partial charge >= 0.3 is 11.9 Å². The van der Waals surface area contributed by atoms with Gasteiger partial charge in [0.25, 0.3) is 0 Å². The van der Waals surface area contributed by atoms with E-state index in [2.05, 4.69) is 0 Å². The zero-order valence-corrected chi connectivity index (χ0v) is 25.3. The van der Waals surface area contributed by atoms with Crippen molar-refractivity contribution in [3.8, 4) is 51.0 Å². The number of esters is 2. The summed E-state index contributed by atoms with van der Waals surface area (Å²) in [4.78, 5) is 27.2. The van der Waals surface area contributed by atoms with Gasteiger partial charge in [0.05, 0.1) is 49.8 Å². The third-order valence-corrected chi connectivity index (χ3v) is 7.15. The number of carbonyl (C=O) groups excluding carboxylic acids is 2. The van der Waals surface area contributed by atoms with E-state index in [4.69, 9.17) is 33.2 Å². The highest BCUT2D eigenvalue weighted by Crippen LogP contribution is 2.45. The number of nitrogens with zero attached hydrogens (tertiary/aromatic N) is 1. The molecule has 4 rings (SSSR count). The topological polar surface area (TPSA) is 104 Å². The number of hydrogen-bond donors (Lipinski definition) is 0. The number of rotatable bonds is 12. The van der Waals surface area contributed by atoms with Crippen LogP contribution in [-0.4, -0.2) is 66.3 Å². The summed E-state index contributed by atoms with van der Waals surface area (Å²) >= 11 is 0. The van der Waals surface area contributed by atoms with E-state index in [1.807, 2.05) is 24.3 Å². The minimum atomic E-state index is -0.628. The molecule has 0 atom stereocenters. The van der Waals surface area contributed by atoms with Crippen molar-refractivity contribution in [2.75, 3.05) is 49.8 Å². The van der Waals surface area contributed by atoms with Crippen molar-refractivity contribution in [1.82, 2.24) is 4.57 Å². The first-order valence-corrected chi connectivity index (χ1v) is 13.4. The van der Waals surface area contributed by atoms with Gasteiger partial charge in [0, 0.05) is 17.7 Å². The van der Waals surface area contributed by atoms with Crippen molar-refractivity contribution in [3.63, 3.8) is 0 Å². The summed E-state index contributed by atoms with van der Waals surface area (Å²) in [7, 11) is 10.3. The zero-order valence-electron chi connectivity index (χ0n) is 25.3. The maximum Gasteiger partial charge on any atom is 0.355 e. The maximum atomic E-state index is 13.6. The summed E-state index contributed by atoms with van der Waals surface area (Å²) in [6.45, 7) is 0.259. The van der Waals surface area contributed by atoms with E-state index in [0.717, 1.165) is 11.3 Å². The molecule has 10 nitrogen and oxygen atoms in total. The first kappa shape index (κ1) is 30.8. The predicted molar refractivity (Wildman–Crippen MR) is 161 cm³/mol. The van der Waals surface area contributed by atoms with Gasteiger partial charge in [-0.25, -0.2) is 9.59 Å². The van der Waals surface area contributed by atoms with Gasteiger partial charge < -0.3 is 37.7 Å².